The van der Waals surface area contributed by atoms with Crippen LogP contribution in [0.25, 0.3) is 22.4 Å². The molecule has 4 aromatic rings. The quantitative estimate of drug-likeness (QED) is 0.315. The molecule has 4 rings (SSSR count). The standard InChI is InChI=1S/C25H25ClN2O/c1-18-10-9-15-24(19(18)2)29-17-8-7-16-28-23-14-6-5-13-22(23)27-25(28)20-11-3-4-12-21(20)26/h3-6,9-15H,7-8,16-17H2,1-2H3. The number of aromatic nitrogens is 2. The van der Waals surface area contributed by atoms with Crippen molar-refractivity contribution < 1.29 is 4.74 Å². The summed E-state index contributed by atoms with van der Waals surface area (Å²) in [6.45, 7) is 5.80. The number of para-hydroxylation sites is 2. The molecule has 1 heterocycles. The van der Waals surface area contributed by atoms with E-state index in [4.69, 9.17) is 21.3 Å². The van der Waals surface area contributed by atoms with Crippen LogP contribution in [0.2, 0.25) is 5.02 Å². The number of aryl methyl sites for hydroxylation is 2. The molecule has 0 spiro atoms. The van der Waals surface area contributed by atoms with E-state index in [0.717, 1.165) is 52.6 Å². The average molecular weight is 405 g/mol. The van der Waals surface area contributed by atoms with Crippen molar-refractivity contribution in [2.75, 3.05) is 6.61 Å². The molecule has 0 fully saturated rings. The first-order valence-corrected chi connectivity index (χ1v) is 10.4. The van der Waals surface area contributed by atoms with E-state index in [-0.39, 0.29) is 0 Å². The Bertz CT molecular complexity index is 1130. The highest BCUT2D eigenvalue weighted by Gasteiger charge is 2.14. The van der Waals surface area contributed by atoms with Crippen LogP contribution in [0.5, 0.6) is 5.75 Å². The maximum Gasteiger partial charge on any atom is 0.142 e. The summed E-state index contributed by atoms with van der Waals surface area (Å²) in [5, 5.41) is 0.724. The maximum atomic E-state index is 6.46. The number of fused-ring (bicyclic) bond motifs is 1. The number of rotatable bonds is 7. The summed E-state index contributed by atoms with van der Waals surface area (Å²) in [5.41, 5.74) is 5.58. The first-order chi connectivity index (χ1) is 14.1. The van der Waals surface area contributed by atoms with Crippen LogP contribution in [-0.4, -0.2) is 16.2 Å². The molecule has 0 aliphatic heterocycles. The molecule has 0 aliphatic carbocycles. The number of imidazole rings is 1. The Morgan fingerprint density at radius 2 is 1.69 bits per heavy atom. The van der Waals surface area contributed by atoms with Gasteiger partial charge in [0, 0.05) is 12.1 Å². The van der Waals surface area contributed by atoms with E-state index in [1.807, 2.05) is 42.5 Å². The minimum Gasteiger partial charge on any atom is -0.493 e. The number of halogens is 1. The van der Waals surface area contributed by atoms with Crippen molar-refractivity contribution in [3.8, 4) is 17.1 Å². The minimum atomic E-state index is 0.707. The SMILES string of the molecule is Cc1cccc(OCCCCn2c(-c3ccccc3Cl)nc3ccccc32)c1C. The zero-order valence-corrected chi connectivity index (χ0v) is 17.6. The van der Waals surface area contributed by atoms with Gasteiger partial charge in [0.1, 0.15) is 11.6 Å². The molecule has 0 radical (unpaired) electrons. The molecule has 29 heavy (non-hydrogen) atoms. The van der Waals surface area contributed by atoms with Gasteiger partial charge in [-0.25, -0.2) is 4.98 Å². The van der Waals surface area contributed by atoms with Crippen LogP contribution in [0.1, 0.15) is 24.0 Å². The Hall–Kier alpha value is -2.78. The molecule has 0 saturated heterocycles. The predicted molar refractivity (Wildman–Crippen MR) is 121 cm³/mol. The Balaban J connectivity index is 1.48. The number of ether oxygens (including phenoxy) is 1. The summed E-state index contributed by atoms with van der Waals surface area (Å²) in [4.78, 5) is 4.86. The molecule has 0 amide bonds. The van der Waals surface area contributed by atoms with Gasteiger partial charge in [-0.05, 0) is 68.1 Å². The van der Waals surface area contributed by atoms with Gasteiger partial charge in [0.2, 0.25) is 0 Å². The highest BCUT2D eigenvalue weighted by Crippen LogP contribution is 2.30. The lowest BCUT2D eigenvalue weighted by Crippen LogP contribution is -2.05. The van der Waals surface area contributed by atoms with E-state index in [2.05, 4.69) is 42.7 Å². The van der Waals surface area contributed by atoms with E-state index in [9.17, 15) is 0 Å². The van der Waals surface area contributed by atoms with Crippen molar-refractivity contribution in [2.24, 2.45) is 0 Å². The van der Waals surface area contributed by atoms with Gasteiger partial charge >= 0.3 is 0 Å². The summed E-state index contributed by atoms with van der Waals surface area (Å²) < 4.78 is 8.28. The van der Waals surface area contributed by atoms with Crippen molar-refractivity contribution in [3.63, 3.8) is 0 Å². The highest BCUT2D eigenvalue weighted by atomic mass is 35.5. The number of hydrogen-bond acceptors (Lipinski definition) is 2. The van der Waals surface area contributed by atoms with Crippen molar-refractivity contribution in [1.29, 1.82) is 0 Å². The van der Waals surface area contributed by atoms with Gasteiger partial charge in [0.05, 0.1) is 22.7 Å². The molecule has 0 bridgehead atoms. The van der Waals surface area contributed by atoms with Crippen LogP contribution in [0, 0.1) is 13.8 Å². The molecule has 4 heteroatoms. The first kappa shape index (κ1) is 19.5. The summed E-state index contributed by atoms with van der Waals surface area (Å²) >= 11 is 6.46. The molecular weight excluding hydrogens is 380 g/mol. The molecule has 0 saturated carbocycles. The number of nitrogens with zero attached hydrogens (tertiary/aromatic N) is 2. The lowest BCUT2D eigenvalue weighted by atomic mass is 10.1. The van der Waals surface area contributed by atoms with E-state index in [1.165, 1.54) is 11.1 Å². The average Bonchev–Trinajstić information content (AvgIpc) is 3.09. The fourth-order valence-corrected chi connectivity index (χ4v) is 3.80. The van der Waals surface area contributed by atoms with Gasteiger partial charge in [0.25, 0.3) is 0 Å². The van der Waals surface area contributed by atoms with Gasteiger partial charge in [0.15, 0.2) is 0 Å². The van der Waals surface area contributed by atoms with Crippen molar-refractivity contribution in [1.82, 2.24) is 9.55 Å². The maximum absolute atomic E-state index is 6.46. The Kier molecular flexibility index (Phi) is 5.86. The molecule has 0 N–H and O–H groups in total. The minimum absolute atomic E-state index is 0.707. The monoisotopic (exact) mass is 404 g/mol. The van der Waals surface area contributed by atoms with Crippen LogP contribution in [0.3, 0.4) is 0 Å². The third kappa shape index (κ3) is 4.15. The van der Waals surface area contributed by atoms with Crippen LogP contribution in [0.15, 0.2) is 66.7 Å². The molecule has 1 aromatic heterocycles. The summed E-state index contributed by atoms with van der Waals surface area (Å²) in [6.07, 6.45) is 1.98. The van der Waals surface area contributed by atoms with Crippen molar-refractivity contribution in [3.05, 3.63) is 82.9 Å². The number of unbranched alkanes of at least 4 members (excludes halogenated alkanes) is 1. The van der Waals surface area contributed by atoms with E-state index in [0.29, 0.717) is 6.61 Å². The second kappa shape index (κ2) is 8.71. The van der Waals surface area contributed by atoms with Gasteiger partial charge < -0.3 is 9.30 Å². The van der Waals surface area contributed by atoms with Crippen LogP contribution >= 0.6 is 11.6 Å². The molecule has 3 nitrogen and oxygen atoms in total. The largest absolute Gasteiger partial charge is 0.493 e. The van der Waals surface area contributed by atoms with Crippen LogP contribution in [0.4, 0.5) is 0 Å². The van der Waals surface area contributed by atoms with Crippen LogP contribution < -0.4 is 4.74 Å². The summed E-state index contributed by atoms with van der Waals surface area (Å²) in [5.74, 6) is 1.90. The second-order valence-corrected chi connectivity index (χ2v) is 7.72. The normalized spacial score (nSPS) is 11.1. The first-order valence-electron chi connectivity index (χ1n) is 10.0. The molecule has 0 atom stereocenters. The lowest BCUT2D eigenvalue weighted by molar-refractivity contribution is 0.301. The molecular formula is C25H25ClN2O. The fraction of sp³-hybridized carbons (Fsp3) is 0.240. The van der Waals surface area contributed by atoms with Gasteiger partial charge in [-0.2, -0.15) is 0 Å². The Morgan fingerprint density at radius 1 is 0.897 bits per heavy atom. The zero-order valence-electron chi connectivity index (χ0n) is 16.9. The van der Waals surface area contributed by atoms with Gasteiger partial charge in [-0.3, -0.25) is 0 Å². The Labute approximate surface area is 176 Å². The second-order valence-electron chi connectivity index (χ2n) is 7.31. The van der Waals surface area contributed by atoms with E-state index < -0.39 is 0 Å². The smallest absolute Gasteiger partial charge is 0.142 e. The zero-order chi connectivity index (χ0) is 20.2. The number of hydrogen-bond donors (Lipinski definition) is 0. The van der Waals surface area contributed by atoms with E-state index in [1.54, 1.807) is 0 Å². The highest BCUT2D eigenvalue weighted by molar-refractivity contribution is 6.33. The summed E-state index contributed by atoms with van der Waals surface area (Å²) in [7, 11) is 0. The third-order valence-electron chi connectivity index (χ3n) is 5.36. The Morgan fingerprint density at radius 3 is 2.55 bits per heavy atom. The molecule has 0 aliphatic rings. The topological polar surface area (TPSA) is 27.1 Å². The lowest BCUT2D eigenvalue weighted by Gasteiger charge is -2.12. The van der Waals surface area contributed by atoms with Crippen molar-refractivity contribution in [2.45, 2.75) is 33.2 Å². The van der Waals surface area contributed by atoms with Gasteiger partial charge in [-0.1, -0.05) is 48.0 Å². The van der Waals surface area contributed by atoms with Crippen molar-refractivity contribution >= 4 is 22.6 Å². The van der Waals surface area contributed by atoms with E-state index >= 15 is 0 Å². The number of benzene rings is 3. The van der Waals surface area contributed by atoms with Crippen LogP contribution in [-0.2, 0) is 6.54 Å². The van der Waals surface area contributed by atoms with Gasteiger partial charge in [-0.15, -0.1) is 0 Å². The predicted octanol–water partition coefficient (Wildman–Crippen LogP) is 6.83. The molecule has 3 aromatic carbocycles. The summed E-state index contributed by atoms with van der Waals surface area (Å²) in [6, 6.07) is 22.4. The molecule has 148 valence electrons. The third-order valence-corrected chi connectivity index (χ3v) is 5.69. The molecule has 0 unspecified atom stereocenters. The fourth-order valence-electron chi connectivity index (χ4n) is 3.58.